The van der Waals surface area contributed by atoms with Crippen molar-refractivity contribution in [3.63, 3.8) is 0 Å². The largest absolute Gasteiger partial charge is 0.494 e. The maximum atomic E-state index is 12.9. The summed E-state index contributed by atoms with van der Waals surface area (Å²) >= 11 is 0. The Morgan fingerprint density at radius 1 is 1.03 bits per heavy atom. The van der Waals surface area contributed by atoms with Gasteiger partial charge in [-0.2, -0.15) is 0 Å². The summed E-state index contributed by atoms with van der Waals surface area (Å²) in [6, 6.07) is 13.0. The van der Waals surface area contributed by atoms with Gasteiger partial charge in [0.05, 0.1) is 11.5 Å². The molecule has 0 unspecified atom stereocenters. The zero-order valence-electron chi connectivity index (χ0n) is 17.9. The number of sulfone groups is 1. The molecule has 0 amide bonds. The van der Waals surface area contributed by atoms with Crippen LogP contribution in [0.25, 0.3) is 0 Å². The highest BCUT2D eigenvalue weighted by Gasteiger charge is 2.06. The molecule has 31 heavy (non-hydrogen) atoms. The molecule has 2 aromatic carbocycles. The Morgan fingerprint density at radius 2 is 1.71 bits per heavy atom. The lowest BCUT2D eigenvalue weighted by atomic mass is 10.1. The Labute approximate surface area is 201 Å². The summed E-state index contributed by atoms with van der Waals surface area (Å²) in [4.78, 5) is 4.89. The molecule has 0 bridgehead atoms. The molecule has 2 N–H and O–H groups in total. The van der Waals surface area contributed by atoms with E-state index in [0.717, 1.165) is 37.3 Å². The van der Waals surface area contributed by atoms with Crippen molar-refractivity contribution in [3.8, 4) is 5.75 Å². The summed E-state index contributed by atoms with van der Waals surface area (Å²) in [5, 5.41) is 6.50. The summed E-state index contributed by atoms with van der Waals surface area (Å²) in [6.07, 6.45) is 3.70. The summed E-state index contributed by atoms with van der Waals surface area (Å²) in [5.74, 6) is 1.15. The van der Waals surface area contributed by atoms with Crippen LogP contribution in [-0.2, 0) is 16.3 Å². The molecule has 0 radical (unpaired) electrons. The van der Waals surface area contributed by atoms with Crippen molar-refractivity contribution in [3.05, 3.63) is 59.9 Å². The first-order valence-corrected chi connectivity index (χ1v) is 12.0. The summed E-state index contributed by atoms with van der Waals surface area (Å²) < 4.78 is 41.5. The minimum atomic E-state index is -3.16. The number of halogens is 2. The molecule has 0 heterocycles. The number of guanidine groups is 1. The van der Waals surface area contributed by atoms with Crippen LogP contribution >= 0.6 is 24.0 Å². The van der Waals surface area contributed by atoms with Crippen molar-refractivity contribution in [1.29, 1.82) is 0 Å². The summed E-state index contributed by atoms with van der Waals surface area (Å²) in [7, 11) is -3.16. The molecule has 0 atom stereocenters. The van der Waals surface area contributed by atoms with Gasteiger partial charge in [-0.3, -0.25) is 4.99 Å². The number of hydrogen-bond donors (Lipinski definition) is 2. The van der Waals surface area contributed by atoms with Crippen LogP contribution in [-0.4, -0.2) is 46.9 Å². The zero-order chi connectivity index (χ0) is 21.8. The Hall–Kier alpha value is -1.88. The Balaban J connectivity index is 0.00000480. The normalized spacial score (nSPS) is 11.5. The van der Waals surface area contributed by atoms with Gasteiger partial charge in [0.15, 0.2) is 15.8 Å². The van der Waals surface area contributed by atoms with E-state index in [1.54, 1.807) is 24.3 Å². The van der Waals surface area contributed by atoms with Gasteiger partial charge < -0.3 is 15.4 Å². The van der Waals surface area contributed by atoms with E-state index in [1.165, 1.54) is 18.4 Å². The molecule has 2 rings (SSSR count). The van der Waals surface area contributed by atoms with Crippen LogP contribution in [0.3, 0.4) is 0 Å². The fourth-order valence-corrected chi connectivity index (χ4v) is 3.33. The smallest absolute Gasteiger partial charge is 0.191 e. The van der Waals surface area contributed by atoms with Crippen molar-refractivity contribution in [2.75, 3.05) is 32.5 Å². The average Bonchev–Trinajstić information content (AvgIpc) is 2.71. The molecule has 9 heteroatoms. The number of nitrogens with one attached hydrogen (secondary N) is 2. The zero-order valence-corrected chi connectivity index (χ0v) is 21.1. The number of ether oxygens (including phenoxy) is 1. The van der Waals surface area contributed by atoms with Crippen LogP contribution < -0.4 is 15.4 Å². The predicted octanol–water partition coefficient (Wildman–Crippen LogP) is 3.80. The minimum Gasteiger partial charge on any atom is -0.494 e. The third-order valence-electron chi connectivity index (χ3n) is 4.31. The van der Waals surface area contributed by atoms with Crippen molar-refractivity contribution in [2.24, 2.45) is 4.99 Å². The van der Waals surface area contributed by atoms with E-state index >= 15 is 0 Å². The van der Waals surface area contributed by atoms with E-state index in [9.17, 15) is 12.8 Å². The van der Waals surface area contributed by atoms with Crippen molar-refractivity contribution in [1.82, 2.24) is 10.6 Å². The first kappa shape index (κ1) is 27.2. The molecule has 0 saturated carbocycles. The van der Waals surface area contributed by atoms with Gasteiger partial charge in [-0.15, -0.1) is 24.0 Å². The lowest BCUT2D eigenvalue weighted by molar-refractivity contribution is 0.307. The Kier molecular flexibility index (Phi) is 12.5. The summed E-state index contributed by atoms with van der Waals surface area (Å²) in [5.41, 5.74) is 1.06. The maximum Gasteiger partial charge on any atom is 0.191 e. The van der Waals surface area contributed by atoms with Crippen molar-refractivity contribution in [2.45, 2.75) is 31.1 Å². The Morgan fingerprint density at radius 3 is 2.32 bits per heavy atom. The molecule has 0 spiro atoms. The molecule has 172 valence electrons. The van der Waals surface area contributed by atoms with Gasteiger partial charge in [0.2, 0.25) is 0 Å². The van der Waals surface area contributed by atoms with Gasteiger partial charge >= 0.3 is 0 Å². The van der Waals surface area contributed by atoms with E-state index in [4.69, 9.17) is 4.74 Å². The standard InChI is InChI=1S/C22H30FN3O3S.HI/c1-3-24-22(25-15-4-5-17-29-20-10-8-19(23)9-11-20)26-16-14-18-6-12-21(13-7-18)30(2,27)28;/h6-13H,3-5,14-17H2,1-2H3,(H2,24,25,26);1H. The van der Waals surface area contributed by atoms with Crippen LogP contribution in [0, 0.1) is 5.82 Å². The lowest BCUT2D eigenvalue weighted by Gasteiger charge is -2.11. The molecule has 0 aliphatic rings. The monoisotopic (exact) mass is 563 g/mol. The first-order valence-electron chi connectivity index (χ1n) is 10.1. The second kappa shape index (κ2) is 14.2. The fraction of sp³-hybridized carbons (Fsp3) is 0.409. The van der Waals surface area contributed by atoms with Gasteiger partial charge in [0, 0.05) is 25.9 Å². The molecule has 0 saturated heterocycles. The molecular weight excluding hydrogens is 532 g/mol. The SMILES string of the molecule is CCNC(=NCCCCOc1ccc(F)cc1)NCCc1ccc(S(C)(=O)=O)cc1.I. The molecule has 6 nitrogen and oxygen atoms in total. The topological polar surface area (TPSA) is 79.8 Å². The van der Waals surface area contributed by atoms with Gasteiger partial charge in [-0.1, -0.05) is 12.1 Å². The number of benzene rings is 2. The van der Waals surface area contributed by atoms with E-state index < -0.39 is 9.84 Å². The molecule has 0 fully saturated rings. The van der Waals surface area contributed by atoms with Crippen LogP contribution in [0.5, 0.6) is 5.75 Å². The third kappa shape index (κ3) is 10.8. The predicted molar refractivity (Wildman–Crippen MR) is 134 cm³/mol. The second-order valence-corrected chi connectivity index (χ2v) is 8.88. The van der Waals surface area contributed by atoms with E-state index in [-0.39, 0.29) is 29.8 Å². The van der Waals surface area contributed by atoms with E-state index in [1.807, 2.05) is 19.1 Å². The highest BCUT2D eigenvalue weighted by Crippen LogP contribution is 2.12. The molecule has 0 aliphatic heterocycles. The van der Waals surface area contributed by atoms with Crippen molar-refractivity contribution < 1.29 is 17.5 Å². The molecule has 0 aromatic heterocycles. The van der Waals surface area contributed by atoms with Crippen LogP contribution in [0.4, 0.5) is 4.39 Å². The van der Waals surface area contributed by atoms with E-state index in [2.05, 4.69) is 15.6 Å². The van der Waals surface area contributed by atoms with E-state index in [0.29, 0.717) is 30.3 Å². The first-order chi connectivity index (χ1) is 14.4. The number of hydrogen-bond acceptors (Lipinski definition) is 4. The van der Waals surface area contributed by atoms with Crippen LogP contribution in [0.1, 0.15) is 25.3 Å². The van der Waals surface area contributed by atoms with Gasteiger partial charge in [0.25, 0.3) is 0 Å². The third-order valence-corrected chi connectivity index (χ3v) is 5.44. The highest BCUT2D eigenvalue weighted by atomic mass is 127. The number of nitrogens with zero attached hydrogens (tertiary/aromatic N) is 1. The van der Waals surface area contributed by atoms with Gasteiger partial charge in [-0.05, 0) is 68.1 Å². The fourth-order valence-electron chi connectivity index (χ4n) is 2.70. The Bertz CT molecular complexity index is 905. The highest BCUT2D eigenvalue weighted by molar-refractivity contribution is 14.0. The number of aliphatic imine (C=N–C) groups is 1. The average molecular weight is 563 g/mol. The lowest BCUT2D eigenvalue weighted by Crippen LogP contribution is -2.38. The molecule has 0 aliphatic carbocycles. The quantitative estimate of drug-likeness (QED) is 0.188. The molecule has 2 aromatic rings. The maximum absolute atomic E-state index is 12.9. The van der Waals surface area contributed by atoms with Gasteiger partial charge in [0.1, 0.15) is 11.6 Å². The number of rotatable bonds is 11. The summed E-state index contributed by atoms with van der Waals surface area (Å²) in [6.45, 7) is 4.71. The minimum absolute atomic E-state index is 0. The van der Waals surface area contributed by atoms with Crippen LogP contribution in [0.15, 0.2) is 58.4 Å². The van der Waals surface area contributed by atoms with Gasteiger partial charge in [-0.25, -0.2) is 12.8 Å². The van der Waals surface area contributed by atoms with Crippen molar-refractivity contribution >= 4 is 39.8 Å². The second-order valence-electron chi connectivity index (χ2n) is 6.86. The number of unbranched alkanes of at least 4 members (excludes halogenated alkanes) is 1. The molecular formula is C22H31FIN3O3S. The van der Waals surface area contributed by atoms with Crippen LogP contribution in [0.2, 0.25) is 0 Å².